The molecule has 0 radical (unpaired) electrons. The number of aryl methyl sites for hydroxylation is 3. The minimum atomic E-state index is -0.143. The minimum Gasteiger partial charge on any atom is -0.493 e. The van der Waals surface area contributed by atoms with Crippen molar-refractivity contribution < 1.29 is 9.53 Å². The molecule has 0 fully saturated rings. The standard InChI is InChI=1S/C19H23ClN6O2S2/c1-4-26-16(6-5-9-28-15-8-7-14(20)10-12(15)2)23-25-19(26)29-11-17(27)21-18-24-22-13(3)30-18/h7-8,10H,4-6,9,11H2,1-3H3,(H,21,24,27). The van der Waals surface area contributed by atoms with Gasteiger partial charge in [0.1, 0.15) is 16.6 Å². The summed E-state index contributed by atoms with van der Waals surface area (Å²) in [6.07, 6.45) is 1.55. The second-order valence-corrected chi connectivity index (χ2v) is 9.03. The van der Waals surface area contributed by atoms with Crippen molar-refractivity contribution >= 4 is 45.7 Å². The second kappa shape index (κ2) is 10.7. The topological polar surface area (TPSA) is 94.8 Å². The fraction of sp³-hybridized carbons (Fsp3) is 0.421. The van der Waals surface area contributed by atoms with E-state index in [1.54, 1.807) is 0 Å². The van der Waals surface area contributed by atoms with Crippen molar-refractivity contribution in [1.82, 2.24) is 25.0 Å². The van der Waals surface area contributed by atoms with Gasteiger partial charge in [-0.3, -0.25) is 10.1 Å². The zero-order valence-corrected chi connectivity index (χ0v) is 19.4. The third kappa shape index (κ3) is 6.16. The van der Waals surface area contributed by atoms with Crippen molar-refractivity contribution in [3.8, 4) is 5.75 Å². The molecule has 1 aromatic carbocycles. The van der Waals surface area contributed by atoms with E-state index in [-0.39, 0.29) is 11.7 Å². The first-order chi connectivity index (χ1) is 14.5. The third-order valence-electron chi connectivity index (χ3n) is 4.15. The highest BCUT2D eigenvalue weighted by Crippen LogP contribution is 2.22. The van der Waals surface area contributed by atoms with Gasteiger partial charge in [-0.2, -0.15) is 0 Å². The number of carbonyl (C=O) groups excluding carboxylic acids is 1. The SMILES string of the molecule is CCn1c(CCCOc2ccc(Cl)cc2C)nnc1SCC(=O)Nc1nnc(C)s1. The first kappa shape index (κ1) is 22.5. The molecular weight excluding hydrogens is 444 g/mol. The third-order valence-corrected chi connectivity index (χ3v) is 6.11. The first-order valence-electron chi connectivity index (χ1n) is 9.50. The molecule has 0 aliphatic rings. The minimum absolute atomic E-state index is 0.143. The Morgan fingerprint density at radius 3 is 2.80 bits per heavy atom. The van der Waals surface area contributed by atoms with Gasteiger partial charge in [0.25, 0.3) is 0 Å². The highest BCUT2D eigenvalue weighted by Gasteiger charge is 2.14. The summed E-state index contributed by atoms with van der Waals surface area (Å²) in [5.41, 5.74) is 1.01. The Bertz CT molecular complexity index is 1010. The predicted molar refractivity (Wildman–Crippen MR) is 120 cm³/mol. The molecule has 30 heavy (non-hydrogen) atoms. The Kier molecular flexibility index (Phi) is 8.06. The van der Waals surface area contributed by atoms with Crippen LogP contribution in [0, 0.1) is 13.8 Å². The van der Waals surface area contributed by atoms with Crippen LogP contribution in [0.3, 0.4) is 0 Å². The first-order valence-corrected chi connectivity index (χ1v) is 11.7. The van der Waals surface area contributed by atoms with Gasteiger partial charge in [-0.05, 0) is 51.0 Å². The molecule has 1 amide bonds. The van der Waals surface area contributed by atoms with Crippen LogP contribution in [0.4, 0.5) is 5.13 Å². The normalized spacial score (nSPS) is 10.9. The van der Waals surface area contributed by atoms with E-state index < -0.39 is 0 Å². The fourth-order valence-electron chi connectivity index (χ4n) is 2.75. The molecule has 0 aliphatic heterocycles. The smallest absolute Gasteiger partial charge is 0.236 e. The van der Waals surface area contributed by atoms with Gasteiger partial charge in [0.05, 0.1) is 12.4 Å². The number of hydrogen-bond donors (Lipinski definition) is 1. The second-order valence-electron chi connectivity index (χ2n) is 6.47. The van der Waals surface area contributed by atoms with E-state index >= 15 is 0 Å². The number of anilines is 1. The molecule has 3 rings (SSSR count). The van der Waals surface area contributed by atoms with Crippen LogP contribution in [0.2, 0.25) is 5.02 Å². The lowest BCUT2D eigenvalue weighted by Crippen LogP contribution is -2.14. The molecule has 0 aliphatic carbocycles. The lowest BCUT2D eigenvalue weighted by atomic mass is 10.2. The highest BCUT2D eigenvalue weighted by molar-refractivity contribution is 7.99. The fourth-order valence-corrected chi connectivity index (χ4v) is 4.40. The number of aromatic nitrogens is 5. The van der Waals surface area contributed by atoms with Crippen LogP contribution in [0.15, 0.2) is 23.4 Å². The van der Waals surface area contributed by atoms with Gasteiger partial charge in [-0.25, -0.2) is 0 Å². The van der Waals surface area contributed by atoms with E-state index in [0.717, 1.165) is 46.7 Å². The molecule has 3 aromatic rings. The zero-order valence-electron chi connectivity index (χ0n) is 17.0. The summed E-state index contributed by atoms with van der Waals surface area (Å²) < 4.78 is 7.88. The van der Waals surface area contributed by atoms with E-state index in [1.165, 1.54) is 23.1 Å². The molecule has 8 nitrogen and oxygen atoms in total. The number of carbonyl (C=O) groups is 1. The summed E-state index contributed by atoms with van der Waals surface area (Å²) in [6.45, 7) is 7.16. The summed E-state index contributed by atoms with van der Waals surface area (Å²) in [7, 11) is 0. The lowest BCUT2D eigenvalue weighted by molar-refractivity contribution is -0.113. The van der Waals surface area contributed by atoms with Crippen molar-refractivity contribution in [3.05, 3.63) is 39.6 Å². The molecule has 160 valence electrons. The number of nitrogens with zero attached hydrogens (tertiary/aromatic N) is 5. The maximum absolute atomic E-state index is 12.1. The van der Waals surface area contributed by atoms with E-state index in [4.69, 9.17) is 16.3 Å². The number of nitrogens with one attached hydrogen (secondary N) is 1. The van der Waals surface area contributed by atoms with Crippen LogP contribution in [-0.2, 0) is 17.8 Å². The van der Waals surface area contributed by atoms with Gasteiger partial charge in [0.15, 0.2) is 5.16 Å². The summed E-state index contributed by atoms with van der Waals surface area (Å²) >= 11 is 8.68. The lowest BCUT2D eigenvalue weighted by Gasteiger charge is -2.10. The van der Waals surface area contributed by atoms with Gasteiger partial charge in [-0.1, -0.05) is 34.7 Å². The van der Waals surface area contributed by atoms with Crippen molar-refractivity contribution in [1.29, 1.82) is 0 Å². The summed E-state index contributed by atoms with van der Waals surface area (Å²) in [5, 5.41) is 21.8. The average molecular weight is 467 g/mol. The van der Waals surface area contributed by atoms with E-state index in [1.807, 2.05) is 43.5 Å². The van der Waals surface area contributed by atoms with Crippen LogP contribution >= 0.6 is 34.7 Å². The maximum atomic E-state index is 12.1. The summed E-state index contributed by atoms with van der Waals surface area (Å²) in [5.74, 6) is 1.81. The summed E-state index contributed by atoms with van der Waals surface area (Å²) in [6, 6.07) is 5.59. The number of benzene rings is 1. The van der Waals surface area contributed by atoms with Gasteiger partial charge in [-0.15, -0.1) is 20.4 Å². The van der Waals surface area contributed by atoms with Crippen LogP contribution in [0.1, 0.15) is 29.7 Å². The maximum Gasteiger partial charge on any atom is 0.236 e. The Hall–Kier alpha value is -2.17. The molecule has 0 saturated heterocycles. The van der Waals surface area contributed by atoms with Crippen LogP contribution in [-0.4, -0.2) is 43.2 Å². The molecule has 1 N–H and O–H groups in total. The molecule has 0 unspecified atom stereocenters. The van der Waals surface area contributed by atoms with E-state index in [2.05, 4.69) is 25.7 Å². The van der Waals surface area contributed by atoms with Crippen molar-refractivity contribution in [2.45, 2.75) is 45.3 Å². The molecule has 2 aromatic heterocycles. The number of amides is 1. The van der Waals surface area contributed by atoms with Crippen molar-refractivity contribution in [2.24, 2.45) is 0 Å². The predicted octanol–water partition coefficient (Wildman–Crippen LogP) is 4.16. The summed E-state index contributed by atoms with van der Waals surface area (Å²) in [4.78, 5) is 12.1. The number of halogens is 1. The average Bonchev–Trinajstić information content (AvgIpc) is 3.30. The van der Waals surface area contributed by atoms with Crippen LogP contribution < -0.4 is 10.1 Å². The Morgan fingerprint density at radius 2 is 2.10 bits per heavy atom. The largest absolute Gasteiger partial charge is 0.493 e. The van der Waals surface area contributed by atoms with E-state index in [9.17, 15) is 4.79 Å². The van der Waals surface area contributed by atoms with Crippen LogP contribution in [0.25, 0.3) is 0 Å². The quantitative estimate of drug-likeness (QED) is 0.354. The zero-order chi connectivity index (χ0) is 21.5. The Balaban J connectivity index is 1.48. The Labute approximate surface area is 188 Å². The molecule has 2 heterocycles. The van der Waals surface area contributed by atoms with Crippen molar-refractivity contribution in [3.63, 3.8) is 0 Å². The van der Waals surface area contributed by atoms with E-state index in [0.29, 0.717) is 16.8 Å². The molecule has 0 spiro atoms. The molecule has 0 atom stereocenters. The van der Waals surface area contributed by atoms with Crippen molar-refractivity contribution in [2.75, 3.05) is 17.7 Å². The molecule has 0 saturated carbocycles. The molecule has 0 bridgehead atoms. The number of rotatable bonds is 10. The van der Waals surface area contributed by atoms with Gasteiger partial charge < -0.3 is 9.30 Å². The molecular formula is C19H23ClN6O2S2. The number of hydrogen-bond acceptors (Lipinski definition) is 8. The van der Waals surface area contributed by atoms with Gasteiger partial charge in [0.2, 0.25) is 11.0 Å². The number of ether oxygens (including phenoxy) is 1. The highest BCUT2D eigenvalue weighted by atomic mass is 35.5. The van der Waals surface area contributed by atoms with Gasteiger partial charge in [0, 0.05) is 18.0 Å². The Morgan fingerprint density at radius 1 is 1.27 bits per heavy atom. The van der Waals surface area contributed by atoms with Crippen LogP contribution in [0.5, 0.6) is 5.75 Å². The number of thioether (sulfide) groups is 1. The monoisotopic (exact) mass is 466 g/mol. The molecule has 11 heteroatoms. The van der Waals surface area contributed by atoms with Gasteiger partial charge >= 0.3 is 0 Å².